The Morgan fingerprint density at radius 2 is 2.05 bits per heavy atom. The third kappa shape index (κ3) is 3.08. The van der Waals surface area contributed by atoms with E-state index < -0.39 is 0 Å². The van der Waals surface area contributed by atoms with E-state index in [1.54, 1.807) is 4.90 Å². The highest BCUT2D eigenvalue weighted by molar-refractivity contribution is 7.10. The molecule has 0 N–H and O–H groups in total. The molecule has 0 bridgehead atoms. The van der Waals surface area contributed by atoms with Gasteiger partial charge in [-0.15, -0.1) is 11.3 Å². The molecule has 0 unspecified atom stereocenters. The van der Waals surface area contributed by atoms with E-state index in [2.05, 4.69) is 46.7 Å². The summed E-state index contributed by atoms with van der Waals surface area (Å²) in [6.07, 6.45) is 1.67. The van der Waals surface area contributed by atoms with E-state index in [0.29, 0.717) is 6.42 Å². The lowest BCUT2D eigenvalue weighted by molar-refractivity contribution is -0.129. The summed E-state index contributed by atoms with van der Waals surface area (Å²) in [5, 5.41) is 2.19. The summed E-state index contributed by atoms with van der Waals surface area (Å²) in [6.45, 7) is 1.83. The Labute approximate surface area is 136 Å². The summed E-state index contributed by atoms with van der Waals surface area (Å²) in [4.78, 5) is 17.5. The summed E-state index contributed by atoms with van der Waals surface area (Å²) >= 11 is 1.85. The van der Waals surface area contributed by atoms with Gasteiger partial charge in [-0.2, -0.15) is 0 Å². The minimum Gasteiger partial charge on any atom is -0.349 e. The van der Waals surface area contributed by atoms with Crippen LogP contribution < -0.4 is 0 Å². The lowest BCUT2D eigenvalue weighted by Crippen LogP contribution is -2.38. The number of hydrogen-bond acceptors (Lipinski definition) is 3. The van der Waals surface area contributed by atoms with Gasteiger partial charge in [0.15, 0.2) is 0 Å². The third-order valence-electron chi connectivity index (χ3n) is 4.29. The summed E-state index contributed by atoms with van der Waals surface area (Å²) in [7, 11) is 3.65. The van der Waals surface area contributed by atoms with E-state index in [0.717, 1.165) is 19.5 Å². The summed E-state index contributed by atoms with van der Waals surface area (Å²) in [5.41, 5.74) is 2.74. The SMILES string of the molecule is CN(C)C(=O)CCN1CCc2sccc2[C@H]1c1ccccc1. The molecule has 0 radical (unpaired) electrons. The van der Waals surface area contributed by atoms with Gasteiger partial charge in [0.1, 0.15) is 0 Å². The molecule has 116 valence electrons. The van der Waals surface area contributed by atoms with Crippen molar-refractivity contribution in [2.24, 2.45) is 0 Å². The van der Waals surface area contributed by atoms with Crippen LogP contribution in [0.5, 0.6) is 0 Å². The molecular formula is C18H22N2OS. The molecule has 1 aliphatic heterocycles. The van der Waals surface area contributed by atoms with Gasteiger partial charge >= 0.3 is 0 Å². The third-order valence-corrected chi connectivity index (χ3v) is 5.29. The predicted molar refractivity (Wildman–Crippen MR) is 91.2 cm³/mol. The van der Waals surface area contributed by atoms with Crippen molar-refractivity contribution in [3.63, 3.8) is 0 Å². The maximum absolute atomic E-state index is 11.9. The molecular weight excluding hydrogens is 292 g/mol. The molecule has 1 aromatic heterocycles. The van der Waals surface area contributed by atoms with E-state index in [4.69, 9.17) is 0 Å². The van der Waals surface area contributed by atoms with E-state index in [1.165, 1.54) is 16.0 Å². The van der Waals surface area contributed by atoms with Crippen LogP contribution in [0.15, 0.2) is 41.8 Å². The van der Waals surface area contributed by atoms with Gasteiger partial charge in [0.05, 0.1) is 6.04 Å². The first-order chi connectivity index (χ1) is 10.7. The summed E-state index contributed by atoms with van der Waals surface area (Å²) in [5.74, 6) is 0.197. The Morgan fingerprint density at radius 1 is 1.27 bits per heavy atom. The van der Waals surface area contributed by atoms with Crippen LogP contribution in [0.4, 0.5) is 0 Å². The molecule has 0 spiro atoms. The highest BCUT2D eigenvalue weighted by atomic mass is 32.1. The second-order valence-corrected chi connectivity index (χ2v) is 6.94. The highest BCUT2D eigenvalue weighted by Gasteiger charge is 2.29. The number of nitrogens with zero attached hydrogens (tertiary/aromatic N) is 2. The van der Waals surface area contributed by atoms with Crippen LogP contribution in [0.3, 0.4) is 0 Å². The molecule has 4 heteroatoms. The van der Waals surface area contributed by atoms with Crippen molar-refractivity contribution in [1.29, 1.82) is 0 Å². The van der Waals surface area contributed by atoms with Crippen LogP contribution in [0.25, 0.3) is 0 Å². The Balaban J connectivity index is 1.84. The van der Waals surface area contributed by atoms with Gasteiger partial charge < -0.3 is 4.90 Å². The first kappa shape index (κ1) is 15.3. The number of carbonyl (C=O) groups is 1. The lowest BCUT2D eigenvalue weighted by atomic mass is 9.93. The Kier molecular flexibility index (Phi) is 4.60. The molecule has 2 aromatic rings. The van der Waals surface area contributed by atoms with Crippen LogP contribution in [0.2, 0.25) is 0 Å². The number of hydrogen-bond donors (Lipinski definition) is 0. The molecule has 0 saturated heterocycles. The Morgan fingerprint density at radius 3 is 2.77 bits per heavy atom. The van der Waals surface area contributed by atoms with E-state index in [-0.39, 0.29) is 11.9 Å². The molecule has 0 saturated carbocycles. The topological polar surface area (TPSA) is 23.6 Å². The molecule has 3 nitrogen and oxygen atoms in total. The molecule has 22 heavy (non-hydrogen) atoms. The zero-order valence-electron chi connectivity index (χ0n) is 13.2. The molecule has 2 heterocycles. The van der Waals surface area contributed by atoms with Crippen molar-refractivity contribution in [3.8, 4) is 0 Å². The van der Waals surface area contributed by atoms with Crippen molar-refractivity contribution in [2.75, 3.05) is 27.2 Å². The van der Waals surface area contributed by atoms with Crippen LogP contribution in [-0.2, 0) is 11.2 Å². The van der Waals surface area contributed by atoms with Gasteiger partial charge in [-0.05, 0) is 29.0 Å². The van der Waals surface area contributed by atoms with Crippen molar-refractivity contribution >= 4 is 17.2 Å². The number of amides is 1. The predicted octanol–water partition coefficient (Wildman–Crippen LogP) is 3.17. The molecule has 1 aromatic carbocycles. The zero-order chi connectivity index (χ0) is 15.5. The van der Waals surface area contributed by atoms with E-state index in [9.17, 15) is 4.79 Å². The number of carbonyl (C=O) groups excluding carboxylic acids is 1. The summed E-state index contributed by atoms with van der Waals surface area (Å²) in [6, 6.07) is 13.2. The van der Waals surface area contributed by atoms with Crippen LogP contribution in [0, 0.1) is 0 Å². The van der Waals surface area contributed by atoms with Crippen molar-refractivity contribution in [1.82, 2.24) is 9.80 Å². The van der Waals surface area contributed by atoms with E-state index in [1.807, 2.05) is 25.4 Å². The van der Waals surface area contributed by atoms with Gasteiger partial charge in [0.2, 0.25) is 5.91 Å². The fraction of sp³-hybridized carbons (Fsp3) is 0.389. The molecule has 3 rings (SSSR count). The number of thiophene rings is 1. The first-order valence-corrected chi connectivity index (χ1v) is 8.60. The maximum atomic E-state index is 11.9. The molecule has 0 aliphatic carbocycles. The minimum absolute atomic E-state index is 0.197. The Hall–Kier alpha value is -1.65. The standard InChI is InChI=1S/C18H22N2OS/c1-19(2)17(21)9-12-20-11-8-16-15(10-13-22-16)18(20)14-6-4-3-5-7-14/h3-7,10,13,18H,8-9,11-12H2,1-2H3/t18-/m1/s1. The van der Waals surface area contributed by atoms with Gasteiger partial charge in [0, 0.05) is 38.5 Å². The number of rotatable bonds is 4. The van der Waals surface area contributed by atoms with Gasteiger partial charge in [-0.3, -0.25) is 9.69 Å². The molecule has 1 aliphatic rings. The average molecular weight is 314 g/mol. The maximum Gasteiger partial charge on any atom is 0.223 e. The lowest BCUT2D eigenvalue weighted by Gasteiger charge is -2.36. The van der Waals surface area contributed by atoms with E-state index >= 15 is 0 Å². The highest BCUT2D eigenvalue weighted by Crippen LogP contribution is 2.37. The van der Waals surface area contributed by atoms with Crippen molar-refractivity contribution in [2.45, 2.75) is 18.9 Å². The van der Waals surface area contributed by atoms with Crippen molar-refractivity contribution < 1.29 is 4.79 Å². The molecule has 0 fully saturated rings. The fourth-order valence-electron chi connectivity index (χ4n) is 3.10. The van der Waals surface area contributed by atoms with Gasteiger partial charge in [-0.1, -0.05) is 30.3 Å². The van der Waals surface area contributed by atoms with Crippen LogP contribution in [0.1, 0.15) is 28.5 Å². The average Bonchev–Trinajstić information content (AvgIpc) is 3.01. The number of benzene rings is 1. The van der Waals surface area contributed by atoms with Gasteiger partial charge in [0.25, 0.3) is 0 Å². The monoisotopic (exact) mass is 314 g/mol. The molecule has 1 atom stereocenters. The second kappa shape index (κ2) is 6.63. The fourth-order valence-corrected chi connectivity index (χ4v) is 4.00. The van der Waals surface area contributed by atoms with Gasteiger partial charge in [-0.25, -0.2) is 0 Å². The number of fused-ring (bicyclic) bond motifs is 1. The van der Waals surface area contributed by atoms with Crippen LogP contribution in [-0.4, -0.2) is 42.9 Å². The first-order valence-electron chi connectivity index (χ1n) is 7.72. The minimum atomic E-state index is 0.197. The molecule has 1 amide bonds. The van der Waals surface area contributed by atoms with Crippen LogP contribution >= 0.6 is 11.3 Å². The van der Waals surface area contributed by atoms with Crippen molar-refractivity contribution in [3.05, 3.63) is 57.8 Å². The largest absolute Gasteiger partial charge is 0.349 e. The summed E-state index contributed by atoms with van der Waals surface area (Å²) < 4.78 is 0. The normalized spacial score (nSPS) is 18.0. The second-order valence-electron chi connectivity index (χ2n) is 5.94. The quantitative estimate of drug-likeness (QED) is 0.865. The smallest absolute Gasteiger partial charge is 0.223 e. The Bertz CT molecular complexity index is 636. The zero-order valence-corrected chi connectivity index (χ0v) is 14.0.